The second-order valence-electron chi connectivity index (χ2n) is 12.4. The number of esters is 4. The van der Waals surface area contributed by atoms with E-state index >= 15 is 0 Å². The van der Waals surface area contributed by atoms with Gasteiger partial charge in [0.1, 0.15) is 37.1 Å². The van der Waals surface area contributed by atoms with Gasteiger partial charge in [0.05, 0.1) is 13.2 Å². The standard InChI is InChI=1S/C36H43NO15/c1-19(38)37-28-31(52-36-33(48-23(5)42)32(47-22(4)41)30(46-21(3)40)26(50-36)17-43-20(2)39)29-27(18-45-34(51-29)25-14-10-7-11-15-25)49-35(28)44-16-24-12-8-6-9-13-24/h6-15,26-36H,16-18H2,1-5H3,(H,37,38)/t26?,27?,28-,29+,30-,31-,32+,33+,34?,35+,36+/m1/s1. The molecule has 3 fully saturated rings. The lowest BCUT2D eigenvalue weighted by Gasteiger charge is -2.51. The summed E-state index contributed by atoms with van der Waals surface area (Å²) < 4.78 is 60.0. The molecule has 3 heterocycles. The molecule has 3 aliphatic heterocycles. The highest BCUT2D eigenvalue weighted by molar-refractivity contribution is 5.73. The number of amides is 1. The Hall–Kier alpha value is -4.45. The molecule has 0 radical (unpaired) electrons. The van der Waals surface area contributed by atoms with E-state index in [9.17, 15) is 24.0 Å². The minimum atomic E-state index is -1.59. The molecule has 3 aliphatic rings. The predicted molar refractivity (Wildman–Crippen MR) is 174 cm³/mol. The van der Waals surface area contributed by atoms with Gasteiger partial charge in [-0.05, 0) is 5.56 Å². The Morgan fingerprint density at radius 1 is 0.692 bits per heavy atom. The van der Waals surface area contributed by atoms with Crippen LogP contribution in [0.25, 0.3) is 0 Å². The molecule has 0 spiro atoms. The van der Waals surface area contributed by atoms with E-state index in [0.717, 1.165) is 26.3 Å². The lowest BCUT2D eigenvalue weighted by molar-refractivity contribution is -0.379. The summed E-state index contributed by atoms with van der Waals surface area (Å²) in [6.45, 7) is 5.51. The van der Waals surface area contributed by atoms with Crippen LogP contribution in [-0.2, 0) is 77.9 Å². The molecule has 52 heavy (non-hydrogen) atoms. The fourth-order valence-corrected chi connectivity index (χ4v) is 6.25. The van der Waals surface area contributed by atoms with Crippen molar-refractivity contribution in [2.75, 3.05) is 13.2 Å². The van der Waals surface area contributed by atoms with Gasteiger partial charge in [-0.2, -0.15) is 0 Å². The summed E-state index contributed by atoms with van der Waals surface area (Å²) >= 11 is 0. The zero-order valence-electron chi connectivity index (χ0n) is 29.4. The van der Waals surface area contributed by atoms with Crippen LogP contribution in [-0.4, -0.2) is 104 Å². The number of carbonyl (C=O) groups is 5. The first kappa shape index (κ1) is 38.8. The van der Waals surface area contributed by atoms with Crippen molar-refractivity contribution in [3.05, 3.63) is 71.8 Å². The number of fused-ring (bicyclic) bond motifs is 1. The summed E-state index contributed by atoms with van der Waals surface area (Å²) in [6.07, 6.45) is -12.2. The third-order valence-corrected chi connectivity index (χ3v) is 8.28. The van der Waals surface area contributed by atoms with E-state index in [1.807, 2.05) is 60.7 Å². The van der Waals surface area contributed by atoms with Gasteiger partial charge in [-0.25, -0.2) is 0 Å². The van der Waals surface area contributed by atoms with E-state index < -0.39 is 104 Å². The molecule has 1 N–H and O–H groups in total. The van der Waals surface area contributed by atoms with Crippen molar-refractivity contribution in [1.29, 1.82) is 0 Å². The number of rotatable bonds is 12. The number of nitrogens with one attached hydrogen (secondary N) is 1. The average Bonchev–Trinajstić information content (AvgIpc) is 3.10. The average molecular weight is 730 g/mol. The van der Waals surface area contributed by atoms with Gasteiger partial charge in [0.2, 0.25) is 5.91 Å². The van der Waals surface area contributed by atoms with Gasteiger partial charge < -0.3 is 52.7 Å². The normalized spacial score (nSPS) is 31.3. The maximum absolute atomic E-state index is 12.7. The summed E-state index contributed by atoms with van der Waals surface area (Å²) in [6, 6.07) is 17.4. The number of ether oxygens (including phenoxy) is 10. The molecule has 3 saturated heterocycles. The maximum atomic E-state index is 12.7. The van der Waals surface area contributed by atoms with E-state index in [0.29, 0.717) is 5.56 Å². The molecule has 0 saturated carbocycles. The maximum Gasteiger partial charge on any atom is 0.303 e. The molecule has 3 unspecified atom stereocenters. The van der Waals surface area contributed by atoms with Gasteiger partial charge in [0, 0.05) is 40.2 Å². The van der Waals surface area contributed by atoms with Gasteiger partial charge in [-0.15, -0.1) is 0 Å². The van der Waals surface area contributed by atoms with Crippen molar-refractivity contribution < 1.29 is 71.3 Å². The first-order valence-corrected chi connectivity index (χ1v) is 16.8. The molecule has 282 valence electrons. The number of hydrogen-bond acceptors (Lipinski definition) is 15. The molecule has 11 atom stereocenters. The number of benzene rings is 2. The second kappa shape index (κ2) is 17.9. The molecule has 2 aromatic rings. The smallest absolute Gasteiger partial charge is 0.303 e. The van der Waals surface area contributed by atoms with Gasteiger partial charge in [-0.1, -0.05) is 60.7 Å². The van der Waals surface area contributed by atoms with Crippen LogP contribution in [0.15, 0.2) is 60.7 Å². The second-order valence-corrected chi connectivity index (χ2v) is 12.4. The monoisotopic (exact) mass is 729 g/mol. The SMILES string of the molecule is CC(=O)N[C@H]1[C@@H](OCc2ccccc2)OC2COC(c3ccccc3)O[C@@H]2[C@@H]1O[C@@H]1OC(COC(C)=O)[C@@H](OC(C)=O)[C@H](OC(C)=O)[C@@H]1OC(C)=O. The van der Waals surface area contributed by atoms with Gasteiger partial charge in [-0.3, -0.25) is 24.0 Å². The van der Waals surface area contributed by atoms with Crippen molar-refractivity contribution >= 4 is 29.8 Å². The van der Waals surface area contributed by atoms with E-state index in [1.165, 1.54) is 13.8 Å². The molecular weight excluding hydrogens is 686 g/mol. The number of hydrogen-bond donors (Lipinski definition) is 1. The minimum absolute atomic E-state index is 0.0284. The summed E-state index contributed by atoms with van der Waals surface area (Å²) in [4.78, 5) is 61.8. The van der Waals surface area contributed by atoms with Crippen LogP contribution in [0.1, 0.15) is 52.0 Å². The molecule has 16 nitrogen and oxygen atoms in total. The van der Waals surface area contributed by atoms with E-state index in [2.05, 4.69) is 5.32 Å². The Morgan fingerprint density at radius 3 is 1.92 bits per heavy atom. The van der Waals surface area contributed by atoms with E-state index in [4.69, 9.17) is 47.4 Å². The molecule has 0 aromatic heterocycles. The summed E-state index contributed by atoms with van der Waals surface area (Å²) in [5, 5.41) is 2.86. The topological polar surface area (TPSA) is 190 Å². The zero-order chi connectivity index (χ0) is 37.4. The van der Waals surface area contributed by atoms with Crippen LogP contribution >= 0.6 is 0 Å². The van der Waals surface area contributed by atoms with Crippen LogP contribution in [0.4, 0.5) is 0 Å². The summed E-state index contributed by atoms with van der Waals surface area (Å²) in [5.41, 5.74) is 1.53. The Kier molecular flexibility index (Phi) is 13.3. The molecule has 0 aliphatic carbocycles. The largest absolute Gasteiger partial charge is 0.463 e. The van der Waals surface area contributed by atoms with Crippen molar-refractivity contribution in [1.82, 2.24) is 5.32 Å². The van der Waals surface area contributed by atoms with Gasteiger partial charge in [0.15, 0.2) is 37.2 Å². The van der Waals surface area contributed by atoms with Crippen LogP contribution in [0.3, 0.4) is 0 Å². The van der Waals surface area contributed by atoms with Crippen molar-refractivity contribution in [3.8, 4) is 0 Å². The minimum Gasteiger partial charge on any atom is -0.463 e. The Morgan fingerprint density at radius 2 is 1.31 bits per heavy atom. The number of carbonyl (C=O) groups excluding carboxylic acids is 5. The van der Waals surface area contributed by atoms with Gasteiger partial charge in [0.25, 0.3) is 0 Å². The third kappa shape index (κ3) is 10.1. The lowest BCUT2D eigenvalue weighted by atomic mass is 9.94. The van der Waals surface area contributed by atoms with E-state index in [-0.39, 0.29) is 13.2 Å². The third-order valence-electron chi connectivity index (χ3n) is 8.28. The molecule has 16 heteroatoms. The molecule has 5 rings (SSSR count). The Balaban J connectivity index is 1.55. The highest BCUT2D eigenvalue weighted by Gasteiger charge is 2.57. The first-order valence-electron chi connectivity index (χ1n) is 16.8. The summed E-state index contributed by atoms with van der Waals surface area (Å²) in [5.74, 6) is -3.52. The quantitative estimate of drug-likeness (QED) is 0.247. The zero-order valence-corrected chi connectivity index (χ0v) is 29.4. The van der Waals surface area contributed by atoms with Crippen LogP contribution < -0.4 is 5.32 Å². The molecule has 0 bridgehead atoms. The van der Waals surface area contributed by atoms with Gasteiger partial charge >= 0.3 is 23.9 Å². The first-order chi connectivity index (χ1) is 24.9. The van der Waals surface area contributed by atoms with Crippen LogP contribution in [0, 0.1) is 0 Å². The Bertz CT molecular complexity index is 1540. The van der Waals surface area contributed by atoms with Crippen molar-refractivity contribution in [2.24, 2.45) is 0 Å². The molecule has 1 amide bonds. The van der Waals surface area contributed by atoms with E-state index in [1.54, 1.807) is 0 Å². The fourth-order valence-electron chi connectivity index (χ4n) is 6.25. The lowest BCUT2D eigenvalue weighted by Crippen LogP contribution is -2.70. The molecule has 2 aromatic carbocycles. The predicted octanol–water partition coefficient (Wildman–Crippen LogP) is 2.02. The van der Waals surface area contributed by atoms with Crippen molar-refractivity contribution in [2.45, 2.75) is 109 Å². The van der Waals surface area contributed by atoms with Crippen LogP contribution in [0.5, 0.6) is 0 Å². The highest BCUT2D eigenvalue weighted by Crippen LogP contribution is 2.38. The highest BCUT2D eigenvalue weighted by atomic mass is 16.8. The molecular formula is C36H43NO15. The Labute approximate surface area is 300 Å². The van der Waals surface area contributed by atoms with Crippen LogP contribution in [0.2, 0.25) is 0 Å². The fraction of sp³-hybridized carbons (Fsp3) is 0.528. The van der Waals surface area contributed by atoms with Crippen molar-refractivity contribution in [3.63, 3.8) is 0 Å². The summed E-state index contributed by atoms with van der Waals surface area (Å²) in [7, 11) is 0.